The van der Waals surface area contributed by atoms with Gasteiger partial charge in [-0.2, -0.15) is 0 Å². The standard InChI is InChI=1S/C14H22FNO3/c1-16-11-14(12-3-5-13(15)6-4-12)19-10-9-18-8-7-17-2/h3-6,14,16H,7-11H2,1-2H3. The predicted molar refractivity (Wildman–Crippen MR) is 71.7 cm³/mol. The topological polar surface area (TPSA) is 39.7 Å². The lowest BCUT2D eigenvalue weighted by Crippen LogP contribution is -2.21. The average Bonchev–Trinajstić information content (AvgIpc) is 2.42. The summed E-state index contributed by atoms with van der Waals surface area (Å²) in [7, 11) is 3.49. The summed E-state index contributed by atoms with van der Waals surface area (Å²) in [5, 5.41) is 3.06. The molecule has 0 saturated carbocycles. The largest absolute Gasteiger partial charge is 0.382 e. The van der Waals surface area contributed by atoms with E-state index in [0.717, 1.165) is 5.56 Å². The third-order valence-corrected chi connectivity index (χ3v) is 2.61. The smallest absolute Gasteiger partial charge is 0.123 e. The Hall–Kier alpha value is -1.01. The highest BCUT2D eigenvalue weighted by atomic mass is 19.1. The molecule has 0 bridgehead atoms. The van der Waals surface area contributed by atoms with Crippen molar-refractivity contribution in [3.05, 3.63) is 35.6 Å². The van der Waals surface area contributed by atoms with Crippen LogP contribution < -0.4 is 5.32 Å². The lowest BCUT2D eigenvalue weighted by molar-refractivity contribution is -0.00633. The third kappa shape index (κ3) is 6.63. The Labute approximate surface area is 113 Å². The van der Waals surface area contributed by atoms with Crippen molar-refractivity contribution in [2.75, 3.05) is 47.1 Å². The molecular formula is C14H22FNO3. The Balaban J connectivity index is 2.34. The summed E-state index contributed by atoms with van der Waals surface area (Å²) < 4.78 is 28.8. The van der Waals surface area contributed by atoms with Gasteiger partial charge < -0.3 is 19.5 Å². The molecule has 0 heterocycles. The molecule has 5 heteroatoms. The van der Waals surface area contributed by atoms with Gasteiger partial charge in [-0.3, -0.25) is 0 Å². The van der Waals surface area contributed by atoms with E-state index in [1.165, 1.54) is 12.1 Å². The van der Waals surface area contributed by atoms with Crippen LogP contribution in [0, 0.1) is 5.82 Å². The monoisotopic (exact) mass is 271 g/mol. The van der Waals surface area contributed by atoms with Gasteiger partial charge in [0.1, 0.15) is 5.82 Å². The maximum absolute atomic E-state index is 12.9. The molecule has 1 unspecified atom stereocenters. The first kappa shape index (κ1) is 16.0. The zero-order valence-electron chi connectivity index (χ0n) is 11.5. The SMILES string of the molecule is CNCC(OCCOCCOC)c1ccc(F)cc1. The van der Waals surface area contributed by atoms with Crippen LogP contribution in [0.25, 0.3) is 0 Å². The van der Waals surface area contributed by atoms with Crippen molar-refractivity contribution in [2.45, 2.75) is 6.10 Å². The molecule has 1 rings (SSSR count). The molecule has 1 atom stereocenters. The molecule has 108 valence electrons. The minimum Gasteiger partial charge on any atom is -0.382 e. The number of ether oxygens (including phenoxy) is 3. The number of nitrogens with one attached hydrogen (secondary N) is 1. The Bertz CT molecular complexity index is 332. The summed E-state index contributed by atoms with van der Waals surface area (Å²) in [6.07, 6.45) is -0.100. The van der Waals surface area contributed by atoms with Gasteiger partial charge in [0.25, 0.3) is 0 Å². The second kappa shape index (κ2) is 9.86. The van der Waals surface area contributed by atoms with E-state index in [1.807, 2.05) is 7.05 Å². The Morgan fingerprint density at radius 2 is 1.79 bits per heavy atom. The second-order valence-corrected chi connectivity index (χ2v) is 4.07. The minimum atomic E-state index is -0.241. The van der Waals surface area contributed by atoms with Gasteiger partial charge in [-0.1, -0.05) is 12.1 Å². The molecule has 0 aliphatic rings. The van der Waals surface area contributed by atoms with Crippen LogP contribution in [0.5, 0.6) is 0 Å². The number of likely N-dealkylation sites (N-methyl/N-ethyl adjacent to an activating group) is 1. The Morgan fingerprint density at radius 3 is 2.42 bits per heavy atom. The number of hydrogen-bond acceptors (Lipinski definition) is 4. The normalized spacial score (nSPS) is 12.6. The summed E-state index contributed by atoms with van der Waals surface area (Å²) in [5.41, 5.74) is 0.952. The van der Waals surface area contributed by atoms with E-state index >= 15 is 0 Å². The number of benzene rings is 1. The summed E-state index contributed by atoms with van der Waals surface area (Å²) in [4.78, 5) is 0. The zero-order chi connectivity index (χ0) is 13.9. The highest BCUT2D eigenvalue weighted by molar-refractivity contribution is 5.19. The molecule has 0 radical (unpaired) electrons. The van der Waals surface area contributed by atoms with E-state index in [-0.39, 0.29) is 11.9 Å². The van der Waals surface area contributed by atoms with Crippen LogP contribution in [-0.4, -0.2) is 47.1 Å². The molecule has 0 fully saturated rings. The zero-order valence-corrected chi connectivity index (χ0v) is 11.5. The Kier molecular flexibility index (Phi) is 8.33. The van der Waals surface area contributed by atoms with Crippen LogP contribution in [0.15, 0.2) is 24.3 Å². The van der Waals surface area contributed by atoms with Crippen molar-refractivity contribution in [1.82, 2.24) is 5.32 Å². The van der Waals surface area contributed by atoms with Crippen molar-refractivity contribution in [3.8, 4) is 0 Å². The van der Waals surface area contributed by atoms with Crippen LogP contribution in [0.4, 0.5) is 4.39 Å². The van der Waals surface area contributed by atoms with Gasteiger partial charge in [0.2, 0.25) is 0 Å². The van der Waals surface area contributed by atoms with Crippen LogP contribution in [0.3, 0.4) is 0 Å². The molecule has 0 spiro atoms. The van der Waals surface area contributed by atoms with Crippen LogP contribution in [0.1, 0.15) is 11.7 Å². The highest BCUT2D eigenvalue weighted by Crippen LogP contribution is 2.16. The first-order valence-corrected chi connectivity index (χ1v) is 6.36. The predicted octanol–water partition coefficient (Wildman–Crippen LogP) is 1.77. The minimum absolute atomic E-state index is 0.100. The Morgan fingerprint density at radius 1 is 1.11 bits per heavy atom. The molecule has 1 aromatic rings. The fourth-order valence-electron chi connectivity index (χ4n) is 1.63. The van der Waals surface area contributed by atoms with E-state index in [4.69, 9.17) is 14.2 Å². The maximum Gasteiger partial charge on any atom is 0.123 e. The molecule has 0 aliphatic heterocycles. The first-order chi connectivity index (χ1) is 9.27. The highest BCUT2D eigenvalue weighted by Gasteiger charge is 2.10. The van der Waals surface area contributed by atoms with Crippen molar-refractivity contribution < 1.29 is 18.6 Å². The van der Waals surface area contributed by atoms with Gasteiger partial charge in [0.15, 0.2) is 0 Å². The van der Waals surface area contributed by atoms with Gasteiger partial charge in [0.05, 0.1) is 32.5 Å². The van der Waals surface area contributed by atoms with Gasteiger partial charge in [-0.15, -0.1) is 0 Å². The summed E-state index contributed by atoms with van der Waals surface area (Å²) in [6, 6.07) is 6.36. The van der Waals surface area contributed by atoms with Crippen molar-refractivity contribution >= 4 is 0 Å². The lowest BCUT2D eigenvalue weighted by atomic mass is 10.1. The third-order valence-electron chi connectivity index (χ3n) is 2.61. The van der Waals surface area contributed by atoms with E-state index < -0.39 is 0 Å². The number of rotatable bonds is 10. The average molecular weight is 271 g/mol. The number of methoxy groups -OCH3 is 1. The van der Waals surface area contributed by atoms with E-state index in [2.05, 4.69) is 5.32 Å². The molecule has 1 aromatic carbocycles. The van der Waals surface area contributed by atoms with Crippen LogP contribution in [-0.2, 0) is 14.2 Å². The molecule has 0 aliphatic carbocycles. The molecular weight excluding hydrogens is 249 g/mol. The van der Waals surface area contributed by atoms with E-state index in [1.54, 1.807) is 19.2 Å². The van der Waals surface area contributed by atoms with Gasteiger partial charge >= 0.3 is 0 Å². The molecule has 0 aromatic heterocycles. The van der Waals surface area contributed by atoms with E-state index in [9.17, 15) is 4.39 Å². The van der Waals surface area contributed by atoms with Crippen molar-refractivity contribution in [3.63, 3.8) is 0 Å². The van der Waals surface area contributed by atoms with E-state index in [0.29, 0.717) is 33.0 Å². The quantitative estimate of drug-likeness (QED) is 0.658. The summed E-state index contributed by atoms with van der Waals surface area (Å²) in [5.74, 6) is -0.241. The first-order valence-electron chi connectivity index (χ1n) is 6.36. The molecule has 19 heavy (non-hydrogen) atoms. The number of hydrogen-bond donors (Lipinski definition) is 1. The summed E-state index contributed by atoms with van der Waals surface area (Å²) in [6.45, 7) is 2.83. The second-order valence-electron chi connectivity index (χ2n) is 4.07. The maximum atomic E-state index is 12.9. The van der Waals surface area contributed by atoms with Crippen molar-refractivity contribution in [2.24, 2.45) is 0 Å². The molecule has 0 saturated heterocycles. The van der Waals surface area contributed by atoms with Gasteiger partial charge in [0, 0.05) is 13.7 Å². The lowest BCUT2D eigenvalue weighted by Gasteiger charge is -2.18. The summed E-state index contributed by atoms with van der Waals surface area (Å²) >= 11 is 0. The van der Waals surface area contributed by atoms with Gasteiger partial charge in [-0.25, -0.2) is 4.39 Å². The number of halogens is 1. The molecule has 4 nitrogen and oxygen atoms in total. The fraction of sp³-hybridized carbons (Fsp3) is 0.571. The molecule has 1 N–H and O–H groups in total. The van der Waals surface area contributed by atoms with Crippen LogP contribution >= 0.6 is 0 Å². The fourth-order valence-corrected chi connectivity index (χ4v) is 1.63. The van der Waals surface area contributed by atoms with Crippen molar-refractivity contribution in [1.29, 1.82) is 0 Å². The van der Waals surface area contributed by atoms with Gasteiger partial charge in [-0.05, 0) is 24.7 Å². The molecule has 0 amide bonds. The van der Waals surface area contributed by atoms with Crippen LogP contribution in [0.2, 0.25) is 0 Å².